The summed E-state index contributed by atoms with van der Waals surface area (Å²) in [5.74, 6) is 1.07. The summed E-state index contributed by atoms with van der Waals surface area (Å²) in [7, 11) is 0. The van der Waals surface area contributed by atoms with Crippen molar-refractivity contribution in [2.45, 2.75) is 19.0 Å². The van der Waals surface area contributed by atoms with Gasteiger partial charge in [-0.25, -0.2) is 0 Å². The Hall–Kier alpha value is -3.40. The van der Waals surface area contributed by atoms with E-state index >= 15 is 0 Å². The Kier molecular flexibility index (Phi) is 6.93. The maximum Gasteiger partial charge on any atom is 0.416 e. The van der Waals surface area contributed by atoms with Crippen molar-refractivity contribution in [1.82, 2.24) is 15.5 Å². The lowest BCUT2D eigenvalue weighted by molar-refractivity contribution is -0.137. The lowest BCUT2D eigenvalue weighted by atomic mass is 10.0. The molecule has 0 spiro atoms. The number of ether oxygens (including phenoxy) is 2. The van der Waals surface area contributed by atoms with Gasteiger partial charge in [-0.1, -0.05) is 0 Å². The second-order valence-corrected chi connectivity index (χ2v) is 7.66. The fourth-order valence-corrected chi connectivity index (χ4v) is 3.36. The van der Waals surface area contributed by atoms with Crippen LogP contribution in [0.25, 0.3) is 22.9 Å². The molecule has 1 aliphatic rings. The minimum atomic E-state index is -4.41. The van der Waals surface area contributed by atoms with E-state index in [4.69, 9.17) is 13.9 Å². The van der Waals surface area contributed by atoms with E-state index in [1.807, 2.05) is 0 Å². The molecule has 2 heterocycles. The second kappa shape index (κ2) is 10.0. The lowest BCUT2D eigenvalue weighted by Crippen LogP contribution is -2.35. The number of carbonyl (C=O) groups is 1. The van der Waals surface area contributed by atoms with Gasteiger partial charge in [0.15, 0.2) is 6.61 Å². The largest absolute Gasteiger partial charge is 0.484 e. The summed E-state index contributed by atoms with van der Waals surface area (Å²) in [6.45, 7) is 1.98. The second-order valence-electron chi connectivity index (χ2n) is 7.66. The van der Waals surface area contributed by atoms with Gasteiger partial charge in [0.1, 0.15) is 5.75 Å². The molecule has 7 nitrogen and oxygen atoms in total. The first kappa shape index (κ1) is 22.8. The van der Waals surface area contributed by atoms with Crippen molar-refractivity contribution in [2.75, 3.05) is 26.4 Å². The molecule has 10 heteroatoms. The quantitative estimate of drug-likeness (QED) is 0.563. The Morgan fingerprint density at radius 3 is 2.12 bits per heavy atom. The molecule has 0 radical (unpaired) electrons. The predicted molar refractivity (Wildman–Crippen MR) is 112 cm³/mol. The number of benzene rings is 2. The smallest absolute Gasteiger partial charge is 0.416 e. The summed E-state index contributed by atoms with van der Waals surface area (Å²) < 4.78 is 54.5. The SMILES string of the molecule is O=C(COc1ccc(-c2nnc(-c3ccc(C(F)(F)F)cc3)o2)cc1)NCC1CCOCC1. The highest BCUT2D eigenvalue weighted by Crippen LogP contribution is 2.31. The van der Waals surface area contributed by atoms with E-state index < -0.39 is 11.7 Å². The van der Waals surface area contributed by atoms with Crippen LogP contribution in [0.3, 0.4) is 0 Å². The number of amides is 1. The summed E-state index contributed by atoms with van der Waals surface area (Å²) in [4.78, 5) is 12.0. The maximum absolute atomic E-state index is 12.7. The zero-order valence-corrected chi connectivity index (χ0v) is 17.6. The number of hydrogen-bond acceptors (Lipinski definition) is 6. The molecule has 1 aromatic heterocycles. The van der Waals surface area contributed by atoms with Gasteiger partial charge in [-0.3, -0.25) is 4.79 Å². The average Bonchev–Trinajstić information content (AvgIpc) is 3.32. The number of hydrogen-bond donors (Lipinski definition) is 1. The zero-order valence-electron chi connectivity index (χ0n) is 17.6. The summed E-state index contributed by atoms with van der Waals surface area (Å²) >= 11 is 0. The van der Waals surface area contributed by atoms with Gasteiger partial charge in [-0.05, 0) is 67.3 Å². The van der Waals surface area contributed by atoms with Crippen molar-refractivity contribution in [3.05, 3.63) is 54.1 Å². The van der Waals surface area contributed by atoms with Crippen LogP contribution in [0.2, 0.25) is 0 Å². The molecule has 0 aliphatic carbocycles. The molecule has 174 valence electrons. The van der Waals surface area contributed by atoms with Gasteiger partial charge in [0.25, 0.3) is 5.91 Å². The Balaban J connectivity index is 1.30. The van der Waals surface area contributed by atoms with Crippen molar-refractivity contribution < 1.29 is 31.9 Å². The topological polar surface area (TPSA) is 86.5 Å². The number of carbonyl (C=O) groups excluding carboxylic acids is 1. The fraction of sp³-hybridized carbons (Fsp3) is 0.348. The normalized spacial score (nSPS) is 14.8. The molecule has 0 bridgehead atoms. The lowest BCUT2D eigenvalue weighted by Gasteiger charge is -2.22. The summed E-state index contributed by atoms with van der Waals surface area (Å²) in [5, 5.41) is 10.7. The molecular formula is C23H22F3N3O4. The Morgan fingerprint density at radius 2 is 1.55 bits per heavy atom. The van der Waals surface area contributed by atoms with Crippen LogP contribution in [0, 0.1) is 5.92 Å². The van der Waals surface area contributed by atoms with Crippen molar-refractivity contribution in [1.29, 1.82) is 0 Å². The summed E-state index contributed by atoms with van der Waals surface area (Å²) in [6, 6.07) is 11.2. The maximum atomic E-state index is 12.7. The van der Waals surface area contributed by atoms with Gasteiger partial charge in [0.2, 0.25) is 11.8 Å². The first-order valence-electron chi connectivity index (χ1n) is 10.5. The highest BCUT2D eigenvalue weighted by molar-refractivity contribution is 5.77. The van der Waals surface area contributed by atoms with E-state index in [0.717, 1.165) is 38.2 Å². The highest BCUT2D eigenvalue weighted by atomic mass is 19.4. The third-order valence-electron chi connectivity index (χ3n) is 5.28. The van der Waals surface area contributed by atoms with Crippen LogP contribution in [0.5, 0.6) is 5.75 Å². The molecule has 0 saturated carbocycles. The minimum Gasteiger partial charge on any atom is -0.484 e. The van der Waals surface area contributed by atoms with E-state index in [9.17, 15) is 18.0 Å². The summed E-state index contributed by atoms with van der Waals surface area (Å²) in [5.41, 5.74) is 0.240. The molecule has 1 saturated heterocycles. The Bertz CT molecular complexity index is 1060. The zero-order chi connectivity index (χ0) is 23.3. The number of rotatable bonds is 7. The molecule has 4 rings (SSSR count). The third kappa shape index (κ3) is 6.10. The van der Waals surface area contributed by atoms with Gasteiger partial charge in [-0.15, -0.1) is 10.2 Å². The molecule has 1 N–H and O–H groups in total. The van der Waals surface area contributed by atoms with Crippen LogP contribution in [-0.4, -0.2) is 42.5 Å². The first-order chi connectivity index (χ1) is 15.9. The van der Waals surface area contributed by atoms with Crippen LogP contribution in [-0.2, 0) is 15.7 Å². The molecule has 2 aromatic carbocycles. The average molecular weight is 461 g/mol. The van der Waals surface area contributed by atoms with Crippen molar-refractivity contribution in [2.24, 2.45) is 5.92 Å². The van der Waals surface area contributed by atoms with Crippen LogP contribution < -0.4 is 10.1 Å². The van der Waals surface area contributed by atoms with Crippen LogP contribution in [0.4, 0.5) is 13.2 Å². The van der Waals surface area contributed by atoms with Crippen LogP contribution in [0.1, 0.15) is 18.4 Å². The fourth-order valence-electron chi connectivity index (χ4n) is 3.36. The molecule has 0 unspecified atom stereocenters. The van der Waals surface area contributed by atoms with E-state index in [1.54, 1.807) is 24.3 Å². The monoisotopic (exact) mass is 461 g/mol. The molecular weight excluding hydrogens is 439 g/mol. The van der Waals surface area contributed by atoms with Gasteiger partial charge < -0.3 is 19.2 Å². The third-order valence-corrected chi connectivity index (χ3v) is 5.28. The molecule has 1 amide bonds. The van der Waals surface area contributed by atoms with Crippen molar-refractivity contribution >= 4 is 5.91 Å². The van der Waals surface area contributed by atoms with Gasteiger partial charge in [0, 0.05) is 30.9 Å². The number of aromatic nitrogens is 2. The molecule has 0 atom stereocenters. The van der Waals surface area contributed by atoms with Crippen LogP contribution in [0.15, 0.2) is 52.9 Å². The minimum absolute atomic E-state index is 0.0960. The molecule has 1 fully saturated rings. The van der Waals surface area contributed by atoms with Gasteiger partial charge in [0.05, 0.1) is 5.56 Å². The Morgan fingerprint density at radius 1 is 0.970 bits per heavy atom. The summed E-state index contributed by atoms with van der Waals surface area (Å²) in [6.07, 6.45) is -2.52. The number of nitrogens with zero attached hydrogens (tertiary/aromatic N) is 2. The Labute approximate surface area is 187 Å². The van der Waals surface area contributed by atoms with Crippen molar-refractivity contribution in [3.8, 4) is 28.7 Å². The van der Waals surface area contributed by atoms with E-state index in [-0.39, 0.29) is 24.3 Å². The van der Waals surface area contributed by atoms with E-state index in [2.05, 4.69) is 15.5 Å². The van der Waals surface area contributed by atoms with Gasteiger partial charge >= 0.3 is 6.18 Å². The van der Waals surface area contributed by atoms with E-state index in [1.165, 1.54) is 12.1 Å². The molecule has 33 heavy (non-hydrogen) atoms. The number of nitrogens with one attached hydrogen (secondary N) is 1. The highest BCUT2D eigenvalue weighted by Gasteiger charge is 2.30. The molecule has 1 aliphatic heterocycles. The predicted octanol–water partition coefficient (Wildman–Crippen LogP) is 4.34. The first-order valence-corrected chi connectivity index (χ1v) is 10.5. The van der Waals surface area contributed by atoms with E-state index in [0.29, 0.717) is 29.3 Å². The van der Waals surface area contributed by atoms with Crippen molar-refractivity contribution in [3.63, 3.8) is 0 Å². The number of alkyl halides is 3. The molecule has 3 aromatic rings. The standard InChI is InChI=1S/C23H22F3N3O4/c24-23(25,26)18-5-1-16(2-6-18)21-28-29-22(33-21)17-3-7-19(8-4-17)32-14-20(30)27-13-15-9-11-31-12-10-15/h1-8,15H,9-14H2,(H,27,30). The number of halogens is 3. The van der Waals surface area contributed by atoms with Crippen LogP contribution >= 0.6 is 0 Å². The van der Waals surface area contributed by atoms with Gasteiger partial charge in [-0.2, -0.15) is 13.2 Å².